The van der Waals surface area contributed by atoms with Gasteiger partial charge >= 0.3 is 5.97 Å². The van der Waals surface area contributed by atoms with E-state index in [-0.39, 0.29) is 18.4 Å². The lowest BCUT2D eigenvalue weighted by atomic mass is 9.80. The molecule has 0 unspecified atom stereocenters. The Bertz CT molecular complexity index is 1120. The number of aryl methyl sites for hydroxylation is 2. The number of hydrogen-bond donors (Lipinski definition) is 2. The Morgan fingerprint density at radius 1 is 0.970 bits per heavy atom. The van der Waals surface area contributed by atoms with E-state index in [1.165, 1.54) is 5.56 Å². The smallest absolute Gasteiger partial charge is 0.308 e. The fourth-order valence-electron chi connectivity index (χ4n) is 4.59. The van der Waals surface area contributed by atoms with Crippen LogP contribution in [-0.4, -0.2) is 40.0 Å². The molecule has 1 aliphatic rings. The summed E-state index contributed by atoms with van der Waals surface area (Å²) >= 11 is 0. The van der Waals surface area contributed by atoms with E-state index in [0.717, 1.165) is 29.5 Å². The number of carboxylic acids is 1. The molecule has 6 heteroatoms. The molecule has 2 heterocycles. The zero-order valence-corrected chi connectivity index (χ0v) is 18.6. The molecule has 1 aromatic heterocycles. The van der Waals surface area contributed by atoms with Gasteiger partial charge < -0.3 is 15.7 Å². The van der Waals surface area contributed by atoms with Crippen LogP contribution < -0.4 is 5.73 Å². The first-order valence-electron chi connectivity index (χ1n) is 11.3. The van der Waals surface area contributed by atoms with Gasteiger partial charge in [-0.2, -0.15) is 0 Å². The van der Waals surface area contributed by atoms with Crippen LogP contribution in [-0.2, 0) is 24.2 Å². The predicted octanol–water partition coefficient (Wildman–Crippen LogP) is 3.66. The van der Waals surface area contributed by atoms with E-state index in [4.69, 9.17) is 5.73 Å². The summed E-state index contributed by atoms with van der Waals surface area (Å²) < 4.78 is 0. The molecule has 1 aliphatic heterocycles. The Labute approximate surface area is 194 Å². The Balaban J connectivity index is 1.46. The first kappa shape index (κ1) is 22.7. The van der Waals surface area contributed by atoms with E-state index >= 15 is 0 Å². The number of carbonyl (C=O) groups is 2. The molecule has 1 saturated heterocycles. The molecule has 170 valence electrons. The van der Waals surface area contributed by atoms with Crippen LogP contribution in [0.5, 0.6) is 0 Å². The molecule has 1 fully saturated rings. The van der Waals surface area contributed by atoms with Crippen molar-refractivity contribution >= 4 is 11.9 Å². The van der Waals surface area contributed by atoms with Crippen LogP contribution in [0, 0.1) is 5.92 Å². The largest absolute Gasteiger partial charge is 0.481 e. The quantitative estimate of drug-likeness (QED) is 0.581. The maximum Gasteiger partial charge on any atom is 0.308 e. The van der Waals surface area contributed by atoms with Crippen LogP contribution >= 0.6 is 0 Å². The topological polar surface area (TPSA) is 96.5 Å². The molecule has 0 radical (unpaired) electrons. The Morgan fingerprint density at radius 3 is 2.48 bits per heavy atom. The van der Waals surface area contributed by atoms with Gasteiger partial charge in [0, 0.05) is 37.9 Å². The van der Waals surface area contributed by atoms with Gasteiger partial charge in [-0.3, -0.25) is 14.6 Å². The van der Waals surface area contributed by atoms with Gasteiger partial charge in [0.05, 0.1) is 11.5 Å². The number of carboxylic acid groups (broad SMARTS) is 1. The van der Waals surface area contributed by atoms with Crippen LogP contribution in [0.3, 0.4) is 0 Å². The van der Waals surface area contributed by atoms with Crippen LogP contribution in [0.25, 0.3) is 0 Å². The second kappa shape index (κ2) is 10.4. The van der Waals surface area contributed by atoms with E-state index in [0.29, 0.717) is 25.1 Å². The summed E-state index contributed by atoms with van der Waals surface area (Å²) in [7, 11) is 0. The molecule has 3 aromatic rings. The molecule has 2 aromatic carbocycles. The molecular formula is C27H29N3O3. The maximum absolute atomic E-state index is 13.2. The van der Waals surface area contributed by atoms with Gasteiger partial charge in [0.15, 0.2) is 0 Å². The number of likely N-dealkylation sites (tertiary alicyclic amines) is 1. The van der Waals surface area contributed by atoms with E-state index in [9.17, 15) is 14.7 Å². The number of nitrogens with zero attached hydrogens (tertiary/aromatic N) is 2. The molecule has 4 rings (SSSR count). The van der Waals surface area contributed by atoms with E-state index in [1.807, 2.05) is 48.5 Å². The highest BCUT2D eigenvalue weighted by molar-refractivity contribution is 5.94. The second-order valence-corrected chi connectivity index (χ2v) is 8.61. The minimum Gasteiger partial charge on any atom is -0.481 e. The molecule has 3 N–H and O–H groups in total. The van der Waals surface area contributed by atoms with Crippen molar-refractivity contribution < 1.29 is 14.7 Å². The SMILES string of the molecule is NCc1cccc([C@@H]2CCN(C(=O)c3cncc(CCc4ccccc4)c3)C[C@@H]2C(=O)O)c1. The highest BCUT2D eigenvalue weighted by Gasteiger charge is 2.37. The fraction of sp³-hybridized carbons (Fsp3) is 0.296. The van der Waals surface area contributed by atoms with Crippen LogP contribution in [0.15, 0.2) is 73.1 Å². The third-order valence-electron chi connectivity index (χ3n) is 6.42. The molecule has 0 saturated carbocycles. The minimum atomic E-state index is -0.884. The lowest BCUT2D eigenvalue weighted by Gasteiger charge is -2.37. The van der Waals surface area contributed by atoms with Gasteiger partial charge in [0.1, 0.15) is 0 Å². The number of carbonyl (C=O) groups excluding carboxylic acids is 1. The van der Waals surface area contributed by atoms with Crippen molar-refractivity contribution in [3.63, 3.8) is 0 Å². The molecule has 0 bridgehead atoms. The number of piperidine rings is 1. The second-order valence-electron chi connectivity index (χ2n) is 8.61. The van der Waals surface area contributed by atoms with Gasteiger partial charge in [-0.05, 0) is 47.6 Å². The summed E-state index contributed by atoms with van der Waals surface area (Å²) in [5, 5.41) is 9.91. The average molecular weight is 444 g/mol. The van der Waals surface area contributed by atoms with E-state index < -0.39 is 11.9 Å². The third-order valence-corrected chi connectivity index (χ3v) is 6.42. The Hall–Kier alpha value is -3.51. The third kappa shape index (κ3) is 5.46. The zero-order chi connectivity index (χ0) is 23.2. The highest BCUT2D eigenvalue weighted by atomic mass is 16.4. The normalized spacial score (nSPS) is 18.2. The number of benzene rings is 2. The molecule has 1 amide bonds. The Morgan fingerprint density at radius 2 is 1.73 bits per heavy atom. The number of hydrogen-bond acceptors (Lipinski definition) is 4. The minimum absolute atomic E-state index is 0.145. The summed E-state index contributed by atoms with van der Waals surface area (Å²) in [6.07, 6.45) is 5.61. The molecule has 0 spiro atoms. The van der Waals surface area contributed by atoms with Crippen molar-refractivity contribution in [3.8, 4) is 0 Å². The van der Waals surface area contributed by atoms with Gasteiger partial charge in [0.2, 0.25) is 0 Å². The predicted molar refractivity (Wildman–Crippen MR) is 127 cm³/mol. The van der Waals surface area contributed by atoms with Gasteiger partial charge in [-0.1, -0.05) is 54.6 Å². The summed E-state index contributed by atoms with van der Waals surface area (Å²) in [5.41, 5.74) is 10.5. The van der Waals surface area contributed by atoms with Crippen molar-refractivity contribution in [1.29, 1.82) is 0 Å². The molecule has 2 atom stereocenters. The van der Waals surface area contributed by atoms with Crippen LogP contribution in [0.1, 0.15) is 45.0 Å². The number of amides is 1. The molecule has 33 heavy (non-hydrogen) atoms. The van der Waals surface area contributed by atoms with Crippen molar-refractivity contribution in [1.82, 2.24) is 9.88 Å². The molecular weight excluding hydrogens is 414 g/mol. The van der Waals surface area contributed by atoms with Gasteiger partial charge in [0.25, 0.3) is 5.91 Å². The maximum atomic E-state index is 13.2. The van der Waals surface area contributed by atoms with Crippen molar-refractivity contribution in [2.75, 3.05) is 13.1 Å². The standard InChI is InChI=1S/C27H29N3O3/c28-15-20-7-4-8-22(13-20)24-11-12-30(18-25(24)27(32)33)26(31)23-14-21(16-29-17-23)10-9-19-5-2-1-3-6-19/h1-8,13-14,16-17,24-25H,9-12,15,18,28H2,(H,32,33)/t24-,25-/m0/s1. The number of nitrogens with two attached hydrogens (primary N) is 1. The number of aliphatic carboxylic acids is 1. The number of rotatable bonds is 7. The van der Waals surface area contributed by atoms with Gasteiger partial charge in [-0.25, -0.2) is 0 Å². The number of aromatic nitrogens is 1. The average Bonchev–Trinajstić information content (AvgIpc) is 2.87. The lowest BCUT2D eigenvalue weighted by Crippen LogP contribution is -2.45. The Kier molecular flexibility index (Phi) is 7.15. The van der Waals surface area contributed by atoms with Crippen molar-refractivity contribution in [2.45, 2.75) is 31.7 Å². The van der Waals surface area contributed by atoms with E-state index in [2.05, 4.69) is 17.1 Å². The van der Waals surface area contributed by atoms with Crippen LogP contribution in [0.4, 0.5) is 0 Å². The zero-order valence-electron chi connectivity index (χ0n) is 18.6. The summed E-state index contributed by atoms with van der Waals surface area (Å²) in [4.78, 5) is 31.2. The molecule has 6 nitrogen and oxygen atoms in total. The lowest BCUT2D eigenvalue weighted by molar-refractivity contribution is -0.144. The van der Waals surface area contributed by atoms with Crippen molar-refractivity contribution in [2.24, 2.45) is 11.7 Å². The summed E-state index contributed by atoms with van der Waals surface area (Å²) in [6.45, 7) is 1.10. The number of pyridine rings is 1. The fourth-order valence-corrected chi connectivity index (χ4v) is 4.59. The summed E-state index contributed by atoms with van der Waals surface area (Å²) in [6, 6.07) is 19.9. The van der Waals surface area contributed by atoms with Crippen LogP contribution in [0.2, 0.25) is 0 Å². The monoisotopic (exact) mass is 443 g/mol. The first-order valence-corrected chi connectivity index (χ1v) is 11.3. The van der Waals surface area contributed by atoms with Crippen molar-refractivity contribution in [3.05, 3.63) is 101 Å². The highest BCUT2D eigenvalue weighted by Crippen LogP contribution is 2.34. The van der Waals surface area contributed by atoms with E-state index in [1.54, 1.807) is 17.3 Å². The summed E-state index contributed by atoms with van der Waals surface area (Å²) in [5.74, 6) is -1.85. The molecule has 0 aliphatic carbocycles. The first-order chi connectivity index (χ1) is 16.0. The van der Waals surface area contributed by atoms with Gasteiger partial charge in [-0.15, -0.1) is 0 Å².